The summed E-state index contributed by atoms with van der Waals surface area (Å²) < 4.78 is 13.8. The monoisotopic (exact) mass is 350 g/mol. The Morgan fingerprint density at radius 3 is 2.43 bits per heavy atom. The second kappa shape index (κ2) is 7.16. The zero-order valence-corrected chi connectivity index (χ0v) is 13.9. The Balaban J connectivity index is 2.15. The molecule has 0 aliphatic heterocycles. The van der Waals surface area contributed by atoms with E-state index in [4.69, 9.17) is 5.73 Å². The van der Waals surface area contributed by atoms with E-state index >= 15 is 0 Å². The van der Waals surface area contributed by atoms with Crippen LogP contribution in [0.4, 0.5) is 4.39 Å². The smallest absolute Gasteiger partial charge is 0.137 e. The van der Waals surface area contributed by atoms with E-state index in [1.165, 1.54) is 17.2 Å². The van der Waals surface area contributed by atoms with Crippen molar-refractivity contribution in [2.45, 2.75) is 19.5 Å². The summed E-state index contributed by atoms with van der Waals surface area (Å²) in [7, 11) is 2.04. The maximum absolute atomic E-state index is 13.4. The molecule has 2 aromatic rings. The van der Waals surface area contributed by atoms with Crippen LogP contribution in [0.2, 0.25) is 0 Å². The highest BCUT2D eigenvalue weighted by Gasteiger charge is 2.16. The first-order valence-electron chi connectivity index (χ1n) is 6.92. The van der Waals surface area contributed by atoms with Gasteiger partial charge in [-0.2, -0.15) is 0 Å². The molecule has 0 spiro atoms. The Morgan fingerprint density at radius 2 is 1.86 bits per heavy atom. The van der Waals surface area contributed by atoms with Gasteiger partial charge in [-0.25, -0.2) is 4.39 Å². The molecule has 0 heterocycles. The second-order valence-electron chi connectivity index (χ2n) is 5.33. The van der Waals surface area contributed by atoms with Crippen molar-refractivity contribution in [1.82, 2.24) is 4.90 Å². The standard InChI is InChI=1S/C17H20BrFN2/c1-12-3-5-13(6-4-12)11-21(2)17(10-20)14-7-8-16(19)15(18)9-14/h3-9,17H,10-11,20H2,1-2H3. The van der Waals surface area contributed by atoms with E-state index in [0.29, 0.717) is 11.0 Å². The van der Waals surface area contributed by atoms with Gasteiger partial charge in [0.05, 0.1) is 4.47 Å². The minimum Gasteiger partial charge on any atom is -0.329 e. The number of aryl methyl sites for hydroxylation is 1. The van der Waals surface area contributed by atoms with E-state index in [0.717, 1.165) is 12.1 Å². The summed E-state index contributed by atoms with van der Waals surface area (Å²) in [6.45, 7) is 3.36. The molecule has 2 N–H and O–H groups in total. The lowest BCUT2D eigenvalue weighted by Gasteiger charge is -2.27. The van der Waals surface area contributed by atoms with Crippen molar-refractivity contribution in [3.63, 3.8) is 0 Å². The number of nitrogens with zero attached hydrogens (tertiary/aromatic N) is 1. The minimum atomic E-state index is -0.254. The van der Waals surface area contributed by atoms with Gasteiger partial charge in [0.1, 0.15) is 5.82 Å². The van der Waals surface area contributed by atoms with Crippen LogP contribution in [-0.4, -0.2) is 18.5 Å². The van der Waals surface area contributed by atoms with Gasteiger partial charge in [-0.15, -0.1) is 0 Å². The molecule has 0 aliphatic carbocycles. The first-order valence-corrected chi connectivity index (χ1v) is 7.71. The van der Waals surface area contributed by atoms with Crippen LogP contribution in [0.5, 0.6) is 0 Å². The number of likely N-dealkylation sites (N-methyl/N-ethyl adjacent to an activating group) is 1. The van der Waals surface area contributed by atoms with E-state index in [2.05, 4.69) is 52.0 Å². The first-order chi connectivity index (χ1) is 10.0. The van der Waals surface area contributed by atoms with Crippen molar-refractivity contribution in [3.05, 3.63) is 69.4 Å². The van der Waals surface area contributed by atoms with Gasteiger partial charge in [0, 0.05) is 19.1 Å². The van der Waals surface area contributed by atoms with Crippen molar-refractivity contribution in [2.75, 3.05) is 13.6 Å². The van der Waals surface area contributed by atoms with Crippen molar-refractivity contribution < 1.29 is 4.39 Å². The van der Waals surface area contributed by atoms with E-state index in [-0.39, 0.29) is 11.9 Å². The molecule has 0 radical (unpaired) electrons. The maximum Gasteiger partial charge on any atom is 0.137 e. The molecule has 0 aromatic heterocycles. The van der Waals surface area contributed by atoms with E-state index in [1.807, 2.05) is 7.05 Å². The van der Waals surface area contributed by atoms with Crippen LogP contribution >= 0.6 is 15.9 Å². The molecule has 4 heteroatoms. The largest absolute Gasteiger partial charge is 0.329 e. The fourth-order valence-corrected chi connectivity index (χ4v) is 2.78. The van der Waals surface area contributed by atoms with Crippen molar-refractivity contribution >= 4 is 15.9 Å². The molecular weight excluding hydrogens is 331 g/mol. The van der Waals surface area contributed by atoms with Crippen molar-refractivity contribution in [2.24, 2.45) is 5.73 Å². The number of nitrogens with two attached hydrogens (primary N) is 1. The summed E-state index contributed by atoms with van der Waals surface area (Å²) in [6.07, 6.45) is 0. The highest BCUT2D eigenvalue weighted by Crippen LogP contribution is 2.25. The Bertz CT molecular complexity index is 598. The average molecular weight is 351 g/mol. The van der Waals surface area contributed by atoms with Crippen LogP contribution in [0.25, 0.3) is 0 Å². The molecular formula is C17H20BrFN2. The molecule has 1 atom stereocenters. The van der Waals surface area contributed by atoms with Gasteiger partial charge in [0.15, 0.2) is 0 Å². The third-order valence-electron chi connectivity index (χ3n) is 3.64. The number of halogens is 2. The second-order valence-corrected chi connectivity index (χ2v) is 6.18. The van der Waals surface area contributed by atoms with Crippen molar-refractivity contribution in [1.29, 1.82) is 0 Å². The third-order valence-corrected chi connectivity index (χ3v) is 4.24. The molecule has 2 nitrogen and oxygen atoms in total. The third kappa shape index (κ3) is 4.13. The fraction of sp³-hybridized carbons (Fsp3) is 0.294. The molecule has 0 saturated heterocycles. The molecule has 0 fully saturated rings. The Hall–Kier alpha value is -1.23. The van der Waals surface area contributed by atoms with Gasteiger partial charge in [0.25, 0.3) is 0 Å². The van der Waals surface area contributed by atoms with Gasteiger partial charge in [-0.05, 0) is 53.2 Å². The van der Waals surface area contributed by atoms with Crippen molar-refractivity contribution in [3.8, 4) is 0 Å². The van der Waals surface area contributed by atoms with Gasteiger partial charge in [0.2, 0.25) is 0 Å². The molecule has 1 unspecified atom stereocenters. The summed E-state index contributed by atoms with van der Waals surface area (Å²) in [5.74, 6) is -0.254. The summed E-state index contributed by atoms with van der Waals surface area (Å²) in [5.41, 5.74) is 9.42. The van der Waals surface area contributed by atoms with Gasteiger partial charge in [-0.1, -0.05) is 35.9 Å². The molecule has 0 amide bonds. The summed E-state index contributed by atoms with van der Waals surface area (Å²) >= 11 is 3.23. The number of rotatable bonds is 5. The number of hydrogen-bond acceptors (Lipinski definition) is 2. The van der Waals surface area contributed by atoms with Crippen LogP contribution < -0.4 is 5.73 Å². The molecule has 2 rings (SSSR count). The Morgan fingerprint density at radius 1 is 1.19 bits per heavy atom. The molecule has 2 aromatic carbocycles. The lowest BCUT2D eigenvalue weighted by atomic mass is 10.0. The van der Waals surface area contributed by atoms with Crippen LogP contribution in [0, 0.1) is 12.7 Å². The van der Waals surface area contributed by atoms with Gasteiger partial charge in [-0.3, -0.25) is 4.90 Å². The topological polar surface area (TPSA) is 29.3 Å². The molecule has 112 valence electrons. The summed E-state index contributed by atoms with van der Waals surface area (Å²) in [4.78, 5) is 2.18. The van der Waals surface area contributed by atoms with Crippen LogP contribution in [0.1, 0.15) is 22.7 Å². The fourth-order valence-electron chi connectivity index (χ4n) is 2.38. The van der Waals surface area contributed by atoms with Gasteiger partial charge >= 0.3 is 0 Å². The normalized spacial score (nSPS) is 12.7. The predicted molar refractivity (Wildman–Crippen MR) is 88.5 cm³/mol. The summed E-state index contributed by atoms with van der Waals surface area (Å²) in [6, 6.07) is 13.6. The minimum absolute atomic E-state index is 0.0585. The predicted octanol–water partition coefficient (Wildman–Crippen LogP) is 4.03. The van der Waals surface area contributed by atoms with Crippen LogP contribution in [-0.2, 0) is 6.54 Å². The molecule has 0 saturated carbocycles. The van der Waals surface area contributed by atoms with Crippen LogP contribution in [0.15, 0.2) is 46.9 Å². The molecule has 21 heavy (non-hydrogen) atoms. The molecule has 0 bridgehead atoms. The van der Waals surface area contributed by atoms with Gasteiger partial charge < -0.3 is 5.73 Å². The molecule has 0 aliphatic rings. The Labute approximate surface area is 133 Å². The number of hydrogen-bond donors (Lipinski definition) is 1. The number of benzene rings is 2. The highest BCUT2D eigenvalue weighted by molar-refractivity contribution is 9.10. The maximum atomic E-state index is 13.4. The zero-order valence-electron chi connectivity index (χ0n) is 12.3. The average Bonchev–Trinajstić information content (AvgIpc) is 2.46. The SMILES string of the molecule is Cc1ccc(CN(C)C(CN)c2ccc(F)c(Br)c2)cc1. The van der Waals surface area contributed by atoms with E-state index < -0.39 is 0 Å². The lowest BCUT2D eigenvalue weighted by molar-refractivity contribution is 0.241. The highest BCUT2D eigenvalue weighted by atomic mass is 79.9. The Kier molecular flexibility index (Phi) is 5.51. The summed E-state index contributed by atoms with van der Waals surface area (Å²) in [5, 5.41) is 0. The quantitative estimate of drug-likeness (QED) is 0.881. The zero-order chi connectivity index (χ0) is 15.4. The van der Waals surface area contributed by atoms with E-state index in [9.17, 15) is 4.39 Å². The van der Waals surface area contributed by atoms with E-state index in [1.54, 1.807) is 12.1 Å². The first kappa shape index (κ1) is 16.1. The lowest BCUT2D eigenvalue weighted by Crippen LogP contribution is -2.30. The van der Waals surface area contributed by atoms with Crippen LogP contribution in [0.3, 0.4) is 0 Å².